The summed E-state index contributed by atoms with van der Waals surface area (Å²) in [5.74, 6) is -0.382. The highest BCUT2D eigenvalue weighted by atomic mass is 32.2. The first kappa shape index (κ1) is 15.4. The summed E-state index contributed by atoms with van der Waals surface area (Å²) in [7, 11) is -3.73. The van der Waals surface area contributed by atoms with Gasteiger partial charge in [0.05, 0.1) is 4.90 Å². The van der Waals surface area contributed by atoms with E-state index in [0.717, 1.165) is 0 Å². The van der Waals surface area contributed by atoms with Crippen LogP contribution in [0.15, 0.2) is 68.7 Å². The molecule has 0 unspecified atom stereocenters. The molecule has 0 bridgehead atoms. The van der Waals surface area contributed by atoms with Crippen LogP contribution in [0, 0.1) is 5.82 Å². The Morgan fingerprint density at radius 1 is 1.00 bits per heavy atom. The van der Waals surface area contributed by atoms with Crippen molar-refractivity contribution in [2.24, 2.45) is 0 Å². The van der Waals surface area contributed by atoms with E-state index >= 15 is 0 Å². The van der Waals surface area contributed by atoms with Crippen molar-refractivity contribution in [1.29, 1.82) is 0 Å². The highest BCUT2D eigenvalue weighted by molar-refractivity contribution is 7.89. The minimum absolute atomic E-state index is 0.0462. The van der Waals surface area contributed by atoms with Crippen LogP contribution in [0.3, 0.4) is 0 Å². The molecule has 1 heterocycles. The van der Waals surface area contributed by atoms with Crippen molar-refractivity contribution in [3.8, 4) is 0 Å². The second kappa shape index (κ2) is 5.94. The predicted octanol–water partition coefficient (Wildman–Crippen LogP) is 2.41. The Kier molecular flexibility index (Phi) is 3.97. The van der Waals surface area contributed by atoms with Crippen LogP contribution in [0.1, 0.15) is 5.56 Å². The van der Waals surface area contributed by atoms with Crippen molar-refractivity contribution in [1.82, 2.24) is 4.72 Å². The van der Waals surface area contributed by atoms with E-state index in [2.05, 4.69) is 4.72 Å². The van der Waals surface area contributed by atoms with Gasteiger partial charge in [-0.1, -0.05) is 12.1 Å². The lowest BCUT2D eigenvalue weighted by Gasteiger charge is -2.07. The van der Waals surface area contributed by atoms with Crippen LogP contribution < -0.4 is 10.3 Å². The summed E-state index contributed by atoms with van der Waals surface area (Å²) in [4.78, 5) is 11.2. The lowest BCUT2D eigenvalue weighted by molar-refractivity contribution is 0.560. The zero-order valence-electron chi connectivity index (χ0n) is 11.8. The second-order valence-corrected chi connectivity index (χ2v) is 6.67. The molecule has 3 aromatic rings. The summed E-state index contributed by atoms with van der Waals surface area (Å²) in [6.45, 7) is 0.0462. The summed E-state index contributed by atoms with van der Waals surface area (Å²) in [6, 6.07) is 12.5. The molecule has 0 fully saturated rings. The summed E-state index contributed by atoms with van der Waals surface area (Å²) in [5, 5.41) is 0.509. The number of hydrogen-bond donors (Lipinski definition) is 1. The van der Waals surface area contributed by atoms with Gasteiger partial charge in [-0.25, -0.2) is 22.3 Å². The van der Waals surface area contributed by atoms with Crippen LogP contribution in [0.5, 0.6) is 0 Å². The van der Waals surface area contributed by atoms with Crippen molar-refractivity contribution in [2.45, 2.75) is 11.4 Å². The number of hydrogen-bond acceptors (Lipinski definition) is 4. The molecule has 23 heavy (non-hydrogen) atoms. The second-order valence-electron chi connectivity index (χ2n) is 4.91. The third-order valence-electron chi connectivity index (χ3n) is 3.28. The highest BCUT2D eigenvalue weighted by Gasteiger charge is 2.14. The Balaban J connectivity index is 1.85. The van der Waals surface area contributed by atoms with Crippen LogP contribution in [-0.2, 0) is 16.6 Å². The van der Waals surface area contributed by atoms with Crippen molar-refractivity contribution in [3.63, 3.8) is 0 Å². The van der Waals surface area contributed by atoms with Gasteiger partial charge in [0.1, 0.15) is 11.4 Å². The summed E-state index contributed by atoms with van der Waals surface area (Å²) in [6.07, 6.45) is 0. The molecule has 0 aliphatic heterocycles. The average Bonchev–Trinajstić information content (AvgIpc) is 2.54. The van der Waals surface area contributed by atoms with E-state index in [1.165, 1.54) is 54.6 Å². The third kappa shape index (κ3) is 3.46. The van der Waals surface area contributed by atoms with E-state index in [9.17, 15) is 17.6 Å². The lowest BCUT2D eigenvalue weighted by Crippen LogP contribution is -2.23. The van der Waals surface area contributed by atoms with Crippen molar-refractivity contribution in [3.05, 3.63) is 76.4 Å². The number of halogens is 1. The molecule has 0 spiro atoms. The van der Waals surface area contributed by atoms with Crippen molar-refractivity contribution in [2.75, 3.05) is 0 Å². The van der Waals surface area contributed by atoms with Gasteiger partial charge >= 0.3 is 5.63 Å². The first-order chi connectivity index (χ1) is 10.9. The molecule has 2 aromatic carbocycles. The minimum Gasteiger partial charge on any atom is -0.423 e. The topological polar surface area (TPSA) is 76.4 Å². The minimum atomic E-state index is -3.73. The van der Waals surface area contributed by atoms with E-state index < -0.39 is 15.6 Å². The first-order valence-electron chi connectivity index (χ1n) is 6.72. The molecule has 118 valence electrons. The average molecular weight is 333 g/mol. The molecule has 0 aliphatic rings. The molecule has 1 aromatic heterocycles. The maximum Gasteiger partial charge on any atom is 0.336 e. The van der Waals surface area contributed by atoms with Gasteiger partial charge in [0.2, 0.25) is 10.0 Å². The zero-order chi connectivity index (χ0) is 16.4. The van der Waals surface area contributed by atoms with Gasteiger partial charge in [0.15, 0.2) is 0 Å². The molecule has 0 saturated carbocycles. The first-order valence-corrected chi connectivity index (χ1v) is 8.20. The zero-order valence-corrected chi connectivity index (χ0v) is 12.6. The van der Waals surface area contributed by atoms with Gasteiger partial charge < -0.3 is 4.42 Å². The normalized spacial score (nSPS) is 11.7. The van der Waals surface area contributed by atoms with Crippen molar-refractivity contribution < 1.29 is 17.2 Å². The van der Waals surface area contributed by atoms with Crippen molar-refractivity contribution >= 4 is 21.0 Å². The molecule has 0 atom stereocenters. The van der Waals surface area contributed by atoms with E-state index in [0.29, 0.717) is 16.5 Å². The van der Waals surface area contributed by atoms with Gasteiger partial charge in [0, 0.05) is 18.0 Å². The monoisotopic (exact) mass is 333 g/mol. The van der Waals surface area contributed by atoms with Crippen LogP contribution in [0.4, 0.5) is 4.39 Å². The van der Waals surface area contributed by atoms with E-state index in [1.54, 1.807) is 0 Å². The largest absolute Gasteiger partial charge is 0.423 e. The van der Waals surface area contributed by atoms with Crippen LogP contribution in [0.25, 0.3) is 11.0 Å². The smallest absolute Gasteiger partial charge is 0.336 e. The number of fused-ring (bicyclic) bond motifs is 1. The molecule has 0 saturated heterocycles. The summed E-state index contributed by atoms with van der Waals surface area (Å²) >= 11 is 0. The Hall–Kier alpha value is -2.51. The fourth-order valence-corrected chi connectivity index (χ4v) is 3.13. The number of nitrogens with one attached hydrogen (secondary N) is 1. The molecule has 7 heteroatoms. The Morgan fingerprint density at radius 3 is 2.48 bits per heavy atom. The molecule has 0 aliphatic carbocycles. The van der Waals surface area contributed by atoms with E-state index in [-0.39, 0.29) is 17.3 Å². The SMILES string of the molecule is O=c1ccc2cc(S(=O)(=O)NCc3ccc(F)cc3)ccc2o1. The van der Waals surface area contributed by atoms with Crippen LogP contribution in [0.2, 0.25) is 0 Å². The summed E-state index contributed by atoms with van der Waals surface area (Å²) < 4.78 is 44.9. The highest BCUT2D eigenvalue weighted by Crippen LogP contribution is 2.18. The third-order valence-corrected chi connectivity index (χ3v) is 4.68. The Labute approximate surface area is 131 Å². The van der Waals surface area contributed by atoms with Gasteiger partial charge in [-0.2, -0.15) is 0 Å². The lowest BCUT2D eigenvalue weighted by atomic mass is 10.2. The van der Waals surface area contributed by atoms with Gasteiger partial charge in [-0.15, -0.1) is 0 Å². The van der Waals surface area contributed by atoms with Gasteiger partial charge in [0.25, 0.3) is 0 Å². The van der Waals surface area contributed by atoms with Crippen LogP contribution >= 0.6 is 0 Å². The number of benzene rings is 2. The fourth-order valence-electron chi connectivity index (χ4n) is 2.08. The molecular weight excluding hydrogens is 321 g/mol. The molecule has 3 rings (SSSR count). The van der Waals surface area contributed by atoms with Gasteiger partial charge in [-0.05, 0) is 42.0 Å². The Morgan fingerprint density at radius 2 is 1.74 bits per heavy atom. The van der Waals surface area contributed by atoms with E-state index in [1.807, 2.05) is 0 Å². The van der Waals surface area contributed by atoms with Gasteiger partial charge in [-0.3, -0.25) is 0 Å². The maximum atomic E-state index is 12.8. The summed E-state index contributed by atoms with van der Waals surface area (Å²) in [5.41, 5.74) is 0.458. The van der Waals surface area contributed by atoms with E-state index in [4.69, 9.17) is 4.42 Å². The predicted molar refractivity (Wildman–Crippen MR) is 82.9 cm³/mol. The molecular formula is C16H12FNO4S. The molecule has 1 N–H and O–H groups in total. The quantitative estimate of drug-likeness (QED) is 0.744. The molecule has 0 amide bonds. The maximum absolute atomic E-state index is 12.8. The molecule has 5 nitrogen and oxygen atoms in total. The Bertz CT molecular complexity index is 1010. The number of rotatable bonds is 4. The molecule has 0 radical (unpaired) electrons. The number of sulfonamides is 1. The standard InChI is InChI=1S/C16H12FNO4S/c17-13-4-1-11(2-5-13)10-18-23(20,21)14-6-7-15-12(9-14)3-8-16(19)22-15/h1-9,18H,10H2. The fraction of sp³-hybridized carbons (Fsp3) is 0.0625. The van der Waals surface area contributed by atoms with Crippen LogP contribution in [-0.4, -0.2) is 8.42 Å².